The van der Waals surface area contributed by atoms with E-state index in [0.29, 0.717) is 31.5 Å². The summed E-state index contributed by atoms with van der Waals surface area (Å²) in [4.78, 5) is 56.9. The first-order valence-electron chi connectivity index (χ1n) is 10.9. The van der Waals surface area contributed by atoms with Crippen molar-refractivity contribution in [1.29, 1.82) is 0 Å². The molecule has 1 saturated heterocycles. The van der Waals surface area contributed by atoms with E-state index in [1.54, 1.807) is 4.90 Å². The Balaban J connectivity index is 1.75. The normalized spacial score (nSPS) is 13.5. The van der Waals surface area contributed by atoms with Crippen LogP contribution in [0.25, 0.3) is 0 Å². The smallest absolute Gasteiger partial charge is 0.395 e. The predicted octanol–water partition coefficient (Wildman–Crippen LogP) is 2.17. The molecule has 2 aromatic carbocycles. The van der Waals surface area contributed by atoms with E-state index in [4.69, 9.17) is 15.2 Å². The van der Waals surface area contributed by atoms with Crippen molar-refractivity contribution in [3.05, 3.63) is 79.4 Å². The van der Waals surface area contributed by atoms with Crippen LogP contribution in [-0.2, 0) is 34.1 Å². The summed E-state index contributed by atoms with van der Waals surface area (Å²) in [5.41, 5.74) is 6.80. The average Bonchev–Trinajstić information content (AvgIpc) is 2.83. The lowest BCUT2D eigenvalue weighted by atomic mass is 10.0. The maximum atomic E-state index is 12.9. The van der Waals surface area contributed by atoms with Crippen LogP contribution in [0.1, 0.15) is 29.5 Å². The van der Waals surface area contributed by atoms with E-state index in [0.717, 1.165) is 0 Å². The molecule has 0 unspecified atom stereocenters. The maximum absolute atomic E-state index is 12.9. The maximum Gasteiger partial charge on any atom is 0.519 e. The Labute approximate surface area is 204 Å². The molecule has 1 heterocycles. The van der Waals surface area contributed by atoms with E-state index < -0.39 is 22.9 Å². The molecule has 1 aliphatic rings. The monoisotopic (exact) mass is 504 g/mol. The second-order valence-corrected chi connectivity index (χ2v) is 7.88. The molecule has 2 N–H and O–H groups in total. The Bertz CT molecular complexity index is 1120. The molecule has 1 fully saturated rings. The number of piperidine rings is 1. The molecule has 2 aromatic rings. The van der Waals surface area contributed by atoms with E-state index in [9.17, 15) is 29.8 Å². The van der Waals surface area contributed by atoms with Gasteiger partial charge in [-0.2, -0.15) is 0 Å². The molecule has 0 radical (unpaired) electrons. The molecular formula is C22H24N4O10. The van der Waals surface area contributed by atoms with Crippen LogP contribution in [0.4, 0.5) is 4.79 Å². The number of carbonyl (C=O) groups excluding carboxylic acids is 2. The van der Waals surface area contributed by atoms with Gasteiger partial charge in [-0.05, 0) is 42.2 Å². The lowest BCUT2D eigenvalue weighted by molar-refractivity contribution is -0.763. The fourth-order valence-corrected chi connectivity index (χ4v) is 3.61. The Hall–Kier alpha value is -4.46. The van der Waals surface area contributed by atoms with Crippen molar-refractivity contribution in [3.63, 3.8) is 0 Å². The molecule has 36 heavy (non-hydrogen) atoms. The van der Waals surface area contributed by atoms with Crippen molar-refractivity contribution in [3.8, 4) is 11.5 Å². The van der Waals surface area contributed by atoms with Gasteiger partial charge in [0.15, 0.2) is 0 Å². The first-order chi connectivity index (χ1) is 17.2. The highest BCUT2D eigenvalue weighted by molar-refractivity contribution is 5.80. The molecule has 0 saturated carbocycles. The first kappa shape index (κ1) is 26.2. The van der Waals surface area contributed by atoms with Crippen LogP contribution >= 0.6 is 0 Å². The van der Waals surface area contributed by atoms with Crippen molar-refractivity contribution < 1.29 is 38.9 Å². The first-order valence-corrected chi connectivity index (χ1v) is 10.9. The van der Waals surface area contributed by atoms with Gasteiger partial charge in [-0.25, -0.2) is 4.79 Å². The minimum atomic E-state index is -1.15. The summed E-state index contributed by atoms with van der Waals surface area (Å²) in [6.45, 7) is 0.154. The number of hydrogen-bond donors (Lipinski definition) is 1. The molecule has 3 rings (SSSR count). The van der Waals surface area contributed by atoms with Crippen molar-refractivity contribution >= 4 is 12.1 Å². The standard InChI is InChI=1S/C22H24N4O10/c23-17-7-9-24(10-8-17)21(27)12-19-16(14-34-26(31)32)4-2-6-20(19)36-22(28)35-18-5-1-3-15(11-18)13-33-25(29)30/h1-6,11,17H,7-10,12-14,23H2. The highest BCUT2D eigenvalue weighted by Crippen LogP contribution is 2.26. The molecule has 192 valence electrons. The van der Waals surface area contributed by atoms with Gasteiger partial charge in [-0.15, -0.1) is 20.2 Å². The number of likely N-dealkylation sites (tertiary alicyclic amines) is 1. The zero-order valence-corrected chi connectivity index (χ0v) is 19.1. The molecule has 0 spiro atoms. The second-order valence-electron chi connectivity index (χ2n) is 7.88. The lowest BCUT2D eigenvalue weighted by Crippen LogP contribution is -2.43. The summed E-state index contributed by atoms with van der Waals surface area (Å²) in [6.07, 6.45) is -0.0335. The number of rotatable bonds is 10. The number of amides is 1. The van der Waals surface area contributed by atoms with Crippen LogP contribution in [0.5, 0.6) is 11.5 Å². The fourth-order valence-electron chi connectivity index (χ4n) is 3.61. The summed E-state index contributed by atoms with van der Waals surface area (Å²) in [7, 11) is 0. The molecule has 14 heteroatoms. The Kier molecular flexibility index (Phi) is 8.94. The zero-order chi connectivity index (χ0) is 26.1. The molecule has 1 aliphatic heterocycles. The summed E-state index contributed by atoms with van der Waals surface area (Å²) < 4.78 is 10.5. The largest absolute Gasteiger partial charge is 0.519 e. The van der Waals surface area contributed by atoms with Crippen LogP contribution < -0.4 is 15.2 Å². The zero-order valence-electron chi connectivity index (χ0n) is 19.1. The summed E-state index contributed by atoms with van der Waals surface area (Å²) in [5.74, 6) is -0.244. The third-order valence-electron chi connectivity index (χ3n) is 5.41. The highest BCUT2D eigenvalue weighted by atomic mass is 17.0. The average molecular weight is 504 g/mol. The molecular weight excluding hydrogens is 480 g/mol. The molecule has 0 bridgehead atoms. The number of ether oxygens (including phenoxy) is 2. The van der Waals surface area contributed by atoms with Gasteiger partial charge in [0.2, 0.25) is 5.91 Å². The SMILES string of the molecule is NC1CCN(C(=O)Cc2c(CO[N+](=O)[O-])cccc2OC(=O)Oc2cccc(CO[N+](=O)[O-])c2)CC1. The van der Waals surface area contributed by atoms with Crippen LogP contribution in [0, 0.1) is 20.2 Å². The highest BCUT2D eigenvalue weighted by Gasteiger charge is 2.24. The van der Waals surface area contributed by atoms with Crippen molar-refractivity contribution in [2.45, 2.75) is 38.5 Å². The van der Waals surface area contributed by atoms with E-state index in [1.165, 1.54) is 42.5 Å². The van der Waals surface area contributed by atoms with E-state index >= 15 is 0 Å². The predicted molar refractivity (Wildman–Crippen MR) is 121 cm³/mol. The third kappa shape index (κ3) is 7.80. The minimum absolute atomic E-state index is 0.0214. The van der Waals surface area contributed by atoms with E-state index in [2.05, 4.69) is 9.68 Å². The van der Waals surface area contributed by atoms with E-state index in [1.807, 2.05) is 0 Å². The quantitative estimate of drug-likeness (QED) is 0.216. The third-order valence-corrected chi connectivity index (χ3v) is 5.41. The van der Waals surface area contributed by atoms with Gasteiger partial charge in [-0.1, -0.05) is 24.3 Å². The summed E-state index contributed by atoms with van der Waals surface area (Å²) in [5, 5.41) is 19.2. The number of benzene rings is 2. The number of carbonyl (C=O) groups is 2. The summed E-state index contributed by atoms with van der Waals surface area (Å²) >= 11 is 0. The number of hydrogen-bond acceptors (Lipinski definition) is 11. The van der Waals surface area contributed by atoms with Crippen molar-refractivity contribution in [2.24, 2.45) is 5.73 Å². The molecule has 0 atom stereocenters. The van der Waals surface area contributed by atoms with Gasteiger partial charge >= 0.3 is 6.16 Å². The van der Waals surface area contributed by atoms with Crippen molar-refractivity contribution in [1.82, 2.24) is 4.90 Å². The van der Waals surface area contributed by atoms with Gasteiger partial charge in [0, 0.05) is 24.7 Å². The van der Waals surface area contributed by atoms with Gasteiger partial charge in [0.25, 0.3) is 10.2 Å². The van der Waals surface area contributed by atoms with Crippen LogP contribution in [0.3, 0.4) is 0 Å². The van der Waals surface area contributed by atoms with Crippen LogP contribution in [0.15, 0.2) is 42.5 Å². The fraction of sp³-hybridized carbons (Fsp3) is 0.364. The molecule has 0 aromatic heterocycles. The Morgan fingerprint density at radius 1 is 0.972 bits per heavy atom. The number of nitrogens with two attached hydrogens (primary N) is 1. The topological polar surface area (TPSA) is 187 Å². The van der Waals surface area contributed by atoms with Crippen LogP contribution in [-0.4, -0.2) is 46.3 Å². The van der Waals surface area contributed by atoms with Gasteiger partial charge < -0.3 is 29.8 Å². The van der Waals surface area contributed by atoms with Gasteiger partial charge in [-0.3, -0.25) is 4.79 Å². The number of nitrogens with zero attached hydrogens (tertiary/aromatic N) is 3. The Morgan fingerprint density at radius 2 is 1.64 bits per heavy atom. The molecule has 1 amide bonds. The molecule has 14 nitrogen and oxygen atoms in total. The van der Waals surface area contributed by atoms with E-state index in [-0.39, 0.29) is 47.6 Å². The summed E-state index contributed by atoms with van der Waals surface area (Å²) in [6, 6.07) is 10.3. The lowest BCUT2D eigenvalue weighted by Gasteiger charge is -2.30. The van der Waals surface area contributed by atoms with Gasteiger partial charge in [0.05, 0.1) is 6.42 Å². The van der Waals surface area contributed by atoms with Gasteiger partial charge in [0.1, 0.15) is 24.7 Å². The Morgan fingerprint density at radius 3 is 2.33 bits per heavy atom. The minimum Gasteiger partial charge on any atom is -0.395 e. The molecule has 0 aliphatic carbocycles. The van der Waals surface area contributed by atoms with Crippen molar-refractivity contribution in [2.75, 3.05) is 13.1 Å². The van der Waals surface area contributed by atoms with Crippen LogP contribution in [0.2, 0.25) is 0 Å². The second kappa shape index (κ2) is 12.3.